The van der Waals surface area contributed by atoms with Gasteiger partial charge in [-0.3, -0.25) is 9.48 Å². The predicted octanol–water partition coefficient (Wildman–Crippen LogP) is 8.13. The second-order valence-corrected chi connectivity index (χ2v) is 10.7. The maximum atomic E-state index is 15.7. The highest BCUT2D eigenvalue weighted by molar-refractivity contribution is 6.37. The molecule has 1 atom stereocenters. The summed E-state index contributed by atoms with van der Waals surface area (Å²) in [5.41, 5.74) is 3.19. The van der Waals surface area contributed by atoms with E-state index >= 15 is 4.39 Å². The molecule has 4 aromatic rings. The summed E-state index contributed by atoms with van der Waals surface area (Å²) in [5, 5.41) is 24.3. The number of hydrogen-bond donors (Lipinski definition) is 2. The first-order chi connectivity index (χ1) is 18.2. The van der Waals surface area contributed by atoms with E-state index in [1.165, 1.54) is 6.07 Å². The van der Waals surface area contributed by atoms with Crippen LogP contribution in [0.2, 0.25) is 10.0 Å². The molecule has 3 aromatic carbocycles. The van der Waals surface area contributed by atoms with Crippen LogP contribution in [0.4, 0.5) is 4.39 Å². The Morgan fingerprint density at radius 1 is 1.13 bits per heavy atom. The minimum Gasteiger partial charge on any atom is -0.505 e. The number of aliphatic carboxylic acids is 1. The molecular weight excluding hydrogens is 530 g/mol. The van der Waals surface area contributed by atoms with E-state index < -0.39 is 11.8 Å². The number of halogens is 3. The zero-order valence-corrected chi connectivity index (χ0v) is 22.3. The van der Waals surface area contributed by atoms with E-state index in [-0.39, 0.29) is 40.8 Å². The number of carboxylic acid groups (broad SMARTS) is 1. The number of carboxylic acids is 1. The molecule has 1 fully saturated rings. The first-order valence-electron chi connectivity index (χ1n) is 12.5. The molecule has 0 bridgehead atoms. The zero-order chi connectivity index (χ0) is 27.0. The van der Waals surface area contributed by atoms with Crippen molar-refractivity contribution in [3.63, 3.8) is 0 Å². The average molecular weight is 557 g/mol. The smallest absolute Gasteiger partial charge is 0.303 e. The molecule has 1 heterocycles. The molecule has 0 spiro atoms. The fourth-order valence-corrected chi connectivity index (χ4v) is 5.61. The number of carbonyl (C=O) groups is 1. The highest BCUT2D eigenvalue weighted by Gasteiger charge is 2.25. The van der Waals surface area contributed by atoms with Crippen LogP contribution in [0.1, 0.15) is 62.1 Å². The third-order valence-corrected chi connectivity index (χ3v) is 7.69. The molecule has 198 valence electrons. The van der Waals surface area contributed by atoms with Gasteiger partial charge in [0, 0.05) is 5.56 Å². The Morgan fingerprint density at radius 2 is 1.79 bits per heavy atom. The van der Waals surface area contributed by atoms with E-state index in [9.17, 15) is 9.90 Å². The first kappa shape index (κ1) is 26.3. The van der Waals surface area contributed by atoms with Gasteiger partial charge in [0.05, 0.1) is 33.4 Å². The maximum Gasteiger partial charge on any atom is 0.303 e. The van der Waals surface area contributed by atoms with Crippen LogP contribution in [0.25, 0.3) is 22.2 Å². The number of benzene rings is 3. The van der Waals surface area contributed by atoms with Gasteiger partial charge >= 0.3 is 5.97 Å². The van der Waals surface area contributed by atoms with Crippen LogP contribution < -0.4 is 4.74 Å². The van der Waals surface area contributed by atoms with E-state index in [0.29, 0.717) is 33.5 Å². The van der Waals surface area contributed by atoms with Crippen LogP contribution in [-0.4, -0.2) is 26.0 Å². The molecule has 0 amide bonds. The Balaban J connectivity index is 1.47. The van der Waals surface area contributed by atoms with E-state index in [1.807, 2.05) is 29.8 Å². The molecule has 6 nitrogen and oxygen atoms in total. The summed E-state index contributed by atoms with van der Waals surface area (Å²) < 4.78 is 23.5. The van der Waals surface area contributed by atoms with Gasteiger partial charge in [-0.15, -0.1) is 0 Å². The lowest BCUT2D eigenvalue weighted by Gasteiger charge is -2.13. The fourth-order valence-electron chi connectivity index (χ4n) is 5.13. The van der Waals surface area contributed by atoms with E-state index in [4.69, 9.17) is 38.1 Å². The molecule has 0 unspecified atom stereocenters. The topological polar surface area (TPSA) is 84.6 Å². The number of aromatic nitrogens is 2. The second-order valence-electron chi connectivity index (χ2n) is 9.85. The first-order valence-corrected chi connectivity index (χ1v) is 13.3. The maximum absolute atomic E-state index is 15.7. The molecule has 1 aromatic heterocycles. The quantitative estimate of drug-likeness (QED) is 0.229. The number of nitrogens with zero attached hydrogens (tertiary/aromatic N) is 2. The van der Waals surface area contributed by atoms with Crippen molar-refractivity contribution in [3.05, 3.63) is 75.5 Å². The van der Waals surface area contributed by atoms with Crippen molar-refractivity contribution in [2.75, 3.05) is 0 Å². The summed E-state index contributed by atoms with van der Waals surface area (Å²) in [6, 6.07) is 13.9. The van der Waals surface area contributed by atoms with Gasteiger partial charge in [0.1, 0.15) is 23.9 Å². The number of phenols is 1. The summed E-state index contributed by atoms with van der Waals surface area (Å²) in [7, 11) is 0. The number of fused-ring (bicyclic) bond motifs is 1. The van der Waals surface area contributed by atoms with E-state index in [1.54, 1.807) is 24.3 Å². The molecule has 2 N–H and O–H groups in total. The molecule has 0 radical (unpaired) electrons. The third-order valence-electron chi connectivity index (χ3n) is 7.12. The zero-order valence-electron chi connectivity index (χ0n) is 20.8. The van der Waals surface area contributed by atoms with Crippen molar-refractivity contribution in [2.45, 2.75) is 57.6 Å². The largest absolute Gasteiger partial charge is 0.505 e. The van der Waals surface area contributed by atoms with Crippen LogP contribution in [-0.2, 0) is 11.4 Å². The normalized spacial score (nSPS) is 14.7. The lowest BCUT2D eigenvalue weighted by molar-refractivity contribution is -0.137. The van der Waals surface area contributed by atoms with Gasteiger partial charge in [0.2, 0.25) is 0 Å². The van der Waals surface area contributed by atoms with Crippen molar-refractivity contribution in [3.8, 4) is 22.8 Å². The minimum absolute atomic E-state index is 0.0543. The summed E-state index contributed by atoms with van der Waals surface area (Å²) in [6.45, 7) is 2.02. The van der Waals surface area contributed by atoms with Crippen molar-refractivity contribution < 1.29 is 24.1 Å². The number of ether oxygens (including phenoxy) is 1. The van der Waals surface area contributed by atoms with Crippen molar-refractivity contribution in [1.29, 1.82) is 0 Å². The van der Waals surface area contributed by atoms with Gasteiger partial charge in [-0.2, -0.15) is 5.10 Å². The van der Waals surface area contributed by atoms with Crippen LogP contribution in [0, 0.1) is 5.82 Å². The van der Waals surface area contributed by atoms with Crippen LogP contribution >= 0.6 is 23.2 Å². The van der Waals surface area contributed by atoms with Crippen LogP contribution in [0.15, 0.2) is 48.5 Å². The van der Waals surface area contributed by atoms with Crippen LogP contribution in [0.5, 0.6) is 11.5 Å². The van der Waals surface area contributed by atoms with Gasteiger partial charge in [-0.1, -0.05) is 55.1 Å². The van der Waals surface area contributed by atoms with Crippen molar-refractivity contribution in [1.82, 2.24) is 9.78 Å². The number of hydrogen-bond acceptors (Lipinski definition) is 4. The van der Waals surface area contributed by atoms with Gasteiger partial charge in [-0.25, -0.2) is 4.39 Å². The molecule has 5 rings (SSSR count). The molecular formula is C29H27Cl2FN2O4. The molecule has 38 heavy (non-hydrogen) atoms. The van der Waals surface area contributed by atoms with Gasteiger partial charge in [0.15, 0.2) is 5.75 Å². The van der Waals surface area contributed by atoms with E-state index in [0.717, 1.165) is 31.2 Å². The summed E-state index contributed by atoms with van der Waals surface area (Å²) in [6.07, 6.45) is 4.15. The Labute approximate surface area is 229 Å². The standard InChI is InChI=1S/C29H27Cl2FN2O4/c1-16(10-26(35)36)18-6-8-21(9-7-18)38-15-17-11-24(32)27-25(12-17)34(20-4-2-3-5-20)33-28(27)19-13-22(30)29(37)23(31)14-19/h6-9,11-14,16,20,37H,2-5,10,15H2,1H3,(H,35,36)/t16-/m0/s1. The SMILES string of the molecule is C[C@@H](CC(=O)O)c1ccc(OCc2cc(F)c3c(-c4cc(Cl)c(O)c(Cl)c4)nn(C4CCCC4)c3c2)cc1. The lowest BCUT2D eigenvalue weighted by Crippen LogP contribution is -2.07. The fraction of sp³-hybridized carbons (Fsp3) is 0.310. The Bertz CT molecular complexity index is 1470. The minimum atomic E-state index is -0.841. The van der Waals surface area contributed by atoms with E-state index in [2.05, 4.69) is 0 Å². The highest BCUT2D eigenvalue weighted by Crippen LogP contribution is 2.41. The molecule has 0 saturated heterocycles. The highest BCUT2D eigenvalue weighted by atomic mass is 35.5. The Morgan fingerprint density at radius 3 is 2.42 bits per heavy atom. The molecule has 9 heteroatoms. The number of aromatic hydroxyl groups is 1. The molecule has 1 aliphatic carbocycles. The van der Waals surface area contributed by atoms with Crippen LogP contribution in [0.3, 0.4) is 0 Å². The van der Waals surface area contributed by atoms with Gasteiger partial charge < -0.3 is 14.9 Å². The van der Waals surface area contributed by atoms with Gasteiger partial charge in [0.25, 0.3) is 0 Å². The summed E-state index contributed by atoms with van der Waals surface area (Å²) >= 11 is 12.3. The lowest BCUT2D eigenvalue weighted by atomic mass is 9.98. The number of rotatable bonds is 8. The monoisotopic (exact) mass is 556 g/mol. The second kappa shape index (κ2) is 10.8. The summed E-state index contributed by atoms with van der Waals surface area (Å²) in [5.74, 6) is -0.997. The molecule has 0 aliphatic heterocycles. The number of phenolic OH excluding ortho intramolecular Hbond substituents is 1. The van der Waals surface area contributed by atoms with Gasteiger partial charge in [-0.05, 0) is 66.3 Å². The molecule has 1 saturated carbocycles. The summed E-state index contributed by atoms with van der Waals surface area (Å²) in [4.78, 5) is 11.0. The van der Waals surface area contributed by atoms with Crippen molar-refractivity contribution >= 4 is 40.1 Å². The third kappa shape index (κ3) is 5.31. The Hall–Kier alpha value is -3.29. The predicted molar refractivity (Wildman–Crippen MR) is 146 cm³/mol. The molecule has 1 aliphatic rings. The van der Waals surface area contributed by atoms with Crippen molar-refractivity contribution in [2.24, 2.45) is 0 Å². The Kier molecular flexibility index (Phi) is 7.50. The average Bonchev–Trinajstić information content (AvgIpc) is 3.54.